The van der Waals surface area contributed by atoms with Crippen LogP contribution in [0.5, 0.6) is 0 Å². The summed E-state index contributed by atoms with van der Waals surface area (Å²) in [6, 6.07) is 0.560. The molecular weight excluding hydrogens is 270 g/mol. The van der Waals surface area contributed by atoms with Crippen LogP contribution in [0.2, 0.25) is 0 Å². The van der Waals surface area contributed by atoms with Crippen LogP contribution in [0.25, 0.3) is 0 Å². The number of aromatic amines is 1. The molecule has 6 heteroatoms. The Morgan fingerprint density at radius 3 is 2.55 bits per heavy atom. The lowest BCUT2D eigenvalue weighted by Crippen LogP contribution is -2.47. The summed E-state index contributed by atoms with van der Waals surface area (Å²) >= 11 is 5.45. The monoisotopic (exact) mass is 295 g/mol. The highest BCUT2D eigenvalue weighted by Gasteiger charge is 2.26. The van der Waals surface area contributed by atoms with Crippen LogP contribution in [0.3, 0.4) is 0 Å². The van der Waals surface area contributed by atoms with E-state index in [9.17, 15) is 0 Å². The van der Waals surface area contributed by atoms with Crippen LogP contribution in [0.15, 0.2) is 0 Å². The summed E-state index contributed by atoms with van der Waals surface area (Å²) < 4.78 is 3.07. The van der Waals surface area contributed by atoms with Crippen LogP contribution >= 0.6 is 12.2 Å². The van der Waals surface area contributed by atoms with Crippen molar-refractivity contribution in [1.29, 1.82) is 0 Å². The molecule has 2 aliphatic rings. The second-order valence-electron chi connectivity index (χ2n) is 5.97. The van der Waals surface area contributed by atoms with E-state index in [-0.39, 0.29) is 0 Å². The van der Waals surface area contributed by atoms with Crippen LogP contribution in [-0.4, -0.2) is 52.4 Å². The molecule has 3 rings (SSSR count). The van der Waals surface area contributed by atoms with Crippen LogP contribution in [0.1, 0.15) is 45.1 Å². The van der Waals surface area contributed by atoms with Crippen molar-refractivity contribution >= 4 is 18.2 Å². The first-order valence-corrected chi connectivity index (χ1v) is 8.34. The first-order valence-electron chi connectivity index (χ1n) is 7.94. The Balaban J connectivity index is 1.73. The van der Waals surface area contributed by atoms with Crippen molar-refractivity contribution in [2.45, 2.75) is 45.1 Å². The van der Waals surface area contributed by atoms with Crippen molar-refractivity contribution in [3.05, 3.63) is 4.77 Å². The third-order valence-electron chi connectivity index (χ3n) is 4.57. The Bertz CT molecular complexity index is 480. The smallest absolute Gasteiger partial charge is 0.226 e. The molecule has 0 bridgehead atoms. The highest BCUT2D eigenvalue weighted by Crippen LogP contribution is 2.32. The molecule has 2 fully saturated rings. The molecule has 0 unspecified atom stereocenters. The molecule has 0 radical (unpaired) electrons. The Hall–Kier alpha value is -0.880. The van der Waals surface area contributed by atoms with E-state index < -0.39 is 0 Å². The van der Waals surface area contributed by atoms with Gasteiger partial charge in [-0.1, -0.05) is 19.8 Å². The molecule has 0 aromatic carbocycles. The topological polar surface area (TPSA) is 40.1 Å². The van der Waals surface area contributed by atoms with Gasteiger partial charge >= 0.3 is 0 Å². The predicted octanol–water partition coefficient (Wildman–Crippen LogP) is 2.59. The third-order valence-corrected chi connectivity index (χ3v) is 4.86. The van der Waals surface area contributed by atoms with Gasteiger partial charge in [0.15, 0.2) is 4.77 Å². The molecular formula is C14H25N5S. The van der Waals surface area contributed by atoms with Gasteiger partial charge in [-0.05, 0) is 38.0 Å². The molecule has 1 aromatic rings. The largest absolute Gasteiger partial charge is 0.338 e. The zero-order valence-electron chi connectivity index (χ0n) is 12.3. The summed E-state index contributed by atoms with van der Waals surface area (Å²) in [6.45, 7) is 7.86. The standard InChI is InChI=1S/C14H25N5S/c1-2-7-17-8-10-18(11-9-17)13-15-16-14(20)19(13)12-5-3-4-6-12/h12H,2-11H2,1H3,(H,16,20). The highest BCUT2D eigenvalue weighted by atomic mass is 32.1. The molecule has 1 N–H and O–H groups in total. The van der Waals surface area contributed by atoms with E-state index in [4.69, 9.17) is 12.2 Å². The summed E-state index contributed by atoms with van der Waals surface area (Å²) in [4.78, 5) is 4.94. The van der Waals surface area contributed by atoms with Gasteiger partial charge in [0.2, 0.25) is 5.95 Å². The normalized spacial score (nSPS) is 21.8. The van der Waals surface area contributed by atoms with Crippen molar-refractivity contribution < 1.29 is 0 Å². The first-order chi connectivity index (χ1) is 9.79. The fourth-order valence-corrected chi connectivity index (χ4v) is 3.78. The Morgan fingerprint density at radius 2 is 1.90 bits per heavy atom. The predicted molar refractivity (Wildman–Crippen MR) is 83.9 cm³/mol. The Labute approximate surface area is 126 Å². The number of piperazine rings is 1. The molecule has 0 amide bonds. The van der Waals surface area contributed by atoms with E-state index in [0.29, 0.717) is 6.04 Å². The van der Waals surface area contributed by atoms with E-state index in [1.807, 2.05) is 0 Å². The second-order valence-corrected chi connectivity index (χ2v) is 6.35. The van der Waals surface area contributed by atoms with Gasteiger partial charge in [0, 0.05) is 32.2 Å². The lowest BCUT2D eigenvalue weighted by Gasteiger charge is -2.35. The minimum Gasteiger partial charge on any atom is -0.338 e. The second kappa shape index (κ2) is 6.26. The summed E-state index contributed by atoms with van der Waals surface area (Å²) in [6.07, 6.45) is 6.37. The number of anilines is 1. The Morgan fingerprint density at radius 1 is 1.20 bits per heavy atom. The van der Waals surface area contributed by atoms with Gasteiger partial charge in [-0.25, -0.2) is 5.10 Å². The molecule has 20 heavy (non-hydrogen) atoms. The molecule has 0 atom stereocenters. The fraction of sp³-hybridized carbons (Fsp3) is 0.857. The third kappa shape index (κ3) is 2.76. The summed E-state index contributed by atoms with van der Waals surface area (Å²) in [5, 5.41) is 7.52. The van der Waals surface area contributed by atoms with Crippen LogP contribution in [0, 0.1) is 4.77 Å². The Kier molecular flexibility index (Phi) is 4.41. The molecule has 1 saturated carbocycles. The van der Waals surface area contributed by atoms with Crippen molar-refractivity contribution in [3.8, 4) is 0 Å². The lowest BCUT2D eigenvalue weighted by molar-refractivity contribution is 0.256. The zero-order valence-corrected chi connectivity index (χ0v) is 13.2. The number of rotatable bonds is 4. The number of hydrogen-bond donors (Lipinski definition) is 1. The summed E-state index contributed by atoms with van der Waals surface area (Å²) in [5.74, 6) is 1.07. The lowest BCUT2D eigenvalue weighted by atomic mass is 10.2. The van der Waals surface area contributed by atoms with E-state index in [0.717, 1.165) is 36.9 Å². The molecule has 0 spiro atoms. The molecule has 1 aliphatic carbocycles. The quantitative estimate of drug-likeness (QED) is 0.867. The summed E-state index contributed by atoms with van der Waals surface area (Å²) in [5.41, 5.74) is 0. The van der Waals surface area contributed by atoms with Crippen molar-refractivity contribution in [2.75, 3.05) is 37.6 Å². The SMILES string of the molecule is CCCN1CCN(c2n[nH]c(=S)n2C2CCCC2)CC1. The average Bonchev–Trinajstić information content (AvgIpc) is 3.09. The maximum atomic E-state index is 5.45. The molecule has 5 nitrogen and oxygen atoms in total. The number of H-pyrrole nitrogens is 1. The van der Waals surface area contributed by atoms with Gasteiger partial charge in [0.25, 0.3) is 0 Å². The maximum Gasteiger partial charge on any atom is 0.226 e. The maximum absolute atomic E-state index is 5.45. The molecule has 1 saturated heterocycles. The van der Waals surface area contributed by atoms with Crippen molar-refractivity contribution in [2.24, 2.45) is 0 Å². The van der Waals surface area contributed by atoms with Gasteiger partial charge in [-0.15, -0.1) is 5.10 Å². The molecule has 1 aromatic heterocycles. The first kappa shape index (κ1) is 14.1. The van der Waals surface area contributed by atoms with Crippen LogP contribution in [-0.2, 0) is 0 Å². The van der Waals surface area contributed by atoms with Crippen LogP contribution < -0.4 is 4.90 Å². The van der Waals surface area contributed by atoms with Gasteiger partial charge in [0.1, 0.15) is 0 Å². The van der Waals surface area contributed by atoms with Gasteiger partial charge < -0.3 is 4.90 Å². The number of nitrogens with zero attached hydrogens (tertiary/aromatic N) is 4. The van der Waals surface area contributed by atoms with Gasteiger partial charge in [-0.3, -0.25) is 9.47 Å². The fourth-order valence-electron chi connectivity index (χ4n) is 3.50. The minimum atomic E-state index is 0.560. The number of nitrogens with one attached hydrogen (secondary N) is 1. The van der Waals surface area contributed by atoms with E-state index in [2.05, 4.69) is 31.5 Å². The minimum absolute atomic E-state index is 0.560. The summed E-state index contributed by atoms with van der Waals surface area (Å²) in [7, 11) is 0. The van der Waals surface area contributed by atoms with E-state index in [1.54, 1.807) is 0 Å². The van der Waals surface area contributed by atoms with Crippen molar-refractivity contribution in [3.63, 3.8) is 0 Å². The van der Waals surface area contributed by atoms with Crippen LogP contribution in [0.4, 0.5) is 5.95 Å². The molecule has 112 valence electrons. The number of hydrogen-bond acceptors (Lipinski definition) is 4. The highest BCUT2D eigenvalue weighted by molar-refractivity contribution is 7.71. The van der Waals surface area contributed by atoms with E-state index in [1.165, 1.54) is 38.6 Å². The molecule has 1 aliphatic heterocycles. The average molecular weight is 295 g/mol. The van der Waals surface area contributed by atoms with E-state index >= 15 is 0 Å². The zero-order chi connectivity index (χ0) is 13.9. The number of aromatic nitrogens is 3. The van der Waals surface area contributed by atoms with Gasteiger partial charge in [0.05, 0.1) is 0 Å². The van der Waals surface area contributed by atoms with Crippen molar-refractivity contribution in [1.82, 2.24) is 19.7 Å². The van der Waals surface area contributed by atoms with Gasteiger partial charge in [-0.2, -0.15) is 0 Å². The molecule has 2 heterocycles.